The maximum atomic E-state index is 5.22. The molecule has 1 aromatic carbocycles. The standard InChI is InChI=1S/C14H20BrN3O/c1-3-16-14(18-11-5-6-11)17-9-10-4-7-13(19-2)12(15)8-10/h4,7-8,11H,3,5-6,9H2,1-2H3,(H2,16,17,18). The van der Waals surface area contributed by atoms with Gasteiger partial charge in [0, 0.05) is 12.6 Å². The van der Waals surface area contributed by atoms with Crippen molar-refractivity contribution in [3.8, 4) is 5.75 Å². The van der Waals surface area contributed by atoms with Crippen LogP contribution in [0.25, 0.3) is 0 Å². The first-order chi connectivity index (χ1) is 9.22. The minimum atomic E-state index is 0.611. The lowest BCUT2D eigenvalue weighted by atomic mass is 10.2. The Kier molecular flexibility index (Phi) is 5.07. The van der Waals surface area contributed by atoms with Crippen LogP contribution in [0.15, 0.2) is 27.7 Å². The highest BCUT2D eigenvalue weighted by Crippen LogP contribution is 2.25. The third kappa shape index (κ3) is 4.42. The first kappa shape index (κ1) is 14.2. The van der Waals surface area contributed by atoms with Crippen LogP contribution in [0.2, 0.25) is 0 Å². The summed E-state index contributed by atoms with van der Waals surface area (Å²) < 4.78 is 6.18. The van der Waals surface area contributed by atoms with Crippen LogP contribution in [0.1, 0.15) is 25.3 Å². The third-order valence-electron chi connectivity index (χ3n) is 2.90. The molecule has 0 saturated heterocycles. The molecule has 104 valence electrons. The Balaban J connectivity index is 1.99. The monoisotopic (exact) mass is 325 g/mol. The fourth-order valence-corrected chi connectivity index (χ4v) is 2.31. The van der Waals surface area contributed by atoms with Crippen LogP contribution in [0.3, 0.4) is 0 Å². The molecule has 0 radical (unpaired) electrons. The van der Waals surface area contributed by atoms with Gasteiger partial charge in [0.1, 0.15) is 5.75 Å². The van der Waals surface area contributed by atoms with Gasteiger partial charge in [-0.05, 0) is 53.4 Å². The van der Waals surface area contributed by atoms with E-state index in [0.717, 1.165) is 28.3 Å². The van der Waals surface area contributed by atoms with Crippen molar-refractivity contribution < 1.29 is 4.74 Å². The van der Waals surface area contributed by atoms with E-state index >= 15 is 0 Å². The van der Waals surface area contributed by atoms with Crippen LogP contribution in [0, 0.1) is 0 Å². The van der Waals surface area contributed by atoms with Gasteiger partial charge in [0.15, 0.2) is 5.96 Å². The van der Waals surface area contributed by atoms with Crippen LogP contribution < -0.4 is 15.4 Å². The predicted molar refractivity (Wildman–Crippen MR) is 81.7 cm³/mol. The van der Waals surface area contributed by atoms with E-state index in [2.05, 4.69) is 38.5 Å². The summed E-state index contributed by atoms with van der Waals surface area (Å²) in [6.45, 7) is 3.61. The van der Waals surface area contributed by atoms with Gasteiger partial charge in [0.25, 0.3) is 0 Å². The zero-order valence-corrected chi connectivity index (χ0v) is 13.0. The van der Waals surface area contributed by atoms with E-state index in [0.29, 0.717) is 12.6 Å². The van der Waals surface area contributed by atoms with Crippen LogP contribution in [0.5, 0.6) is 5.75 Å². The second-order valence-corrected chi connectivity index (χ2v) is 5.44. The molecule has 19 heavy (non-hydrogen) atoms. The number of rotatable bonds is 5. The number of methoxy groups -OCH3 is 1. The highest BCUT2D eigenvalue weighted by atomic mass is 79.9. The molecule has 0 unspecified atom stereocenters. The number of guanidine groups is 1. The summed E-state index contributed by atoms with van der Waals surface area (Å²) in [5, 5.41) is 6.67. The molecule has 1 aliphatic rings. The summed E-state index contributed by atoms with van der Waals surface area (Å²) in [5.74, 6) is 1.74. The maximum Gasteiger partial charge on any atom is 0.191 e. The number of benzene rings is 1. The van der Waals surface area contributed by atoms with E-state index in [1.165, 1.54) is 12.8 Å². The molecular formula is C14H20BrN3O. The minimum Gasteiger partial charge on any atom is -0.496 e. The maximum absolute atomic E-state index is 5.22. The summed E-state index contributed by atoms with van der Waals surface area (Å²) in [4.78, 5) is 4.59. The molecule has 0 aromatic heterocycles. The molecule has 2 N–H and O–H groups in total. The van der Waals surface area contributed by atoms with Crippen LogP contribution in [0.4, 0.5) is 0 Å². The second-order valence-electron chi connectivity index (χ2n) is 4.58. The number of halogens is 1. The van der Waals surface area contributed by atoms with Crippen molar-refractivity contribution in [3.05, 3.63) is 28.2 Å². The topological polar surface area (TPSA) is 45.7 Å². The largest absolute Gasteiger partial charge is 0.496 e. The molecule has 0 atom stereocenters. The molecule has 5 heteroatoms. The van der Waals surface area contributed by atoms with E-state index in [1.807, 2.05) is 18.2 Å². The van der Waals surface area contributed by atoms with E-state index in [-0.39, 0.29) is 0 Å². The number of ether oxygens (including phenoxy) is 1. The Morgan fingerprint density at radius 3 is 2.84 bits per heavy atom. The molecule has 1 aliphatic carbocycles. The Labute approximate surface area is 122 Å². The summed E-state index contributed by atoms with van der Waals surface area (Å²) in [7, 11) is 1.67. The molecule has 2 rings (SSSR count). The van der Waals surface area contributed by atoms with Crippen molar-refractivity contribution >= 4 is 21.9 Å². The van der Waals surface area contributed by atoms with E-state index in [4.69, 9.17) is 4.74 Å². The van der Waals surface area contributed by atoms with Gasteiger partial charge in [-0.2, -0.15) is 0 Å². The number of nitrogens with one attached hydrogen (secondary N) is 2. The first-order valence-electron chi connectivity index (χ1n) is 6.60. The lowest BCUT2D eigenvalue weighted by Gasteiger charge is -2.10. The van der Waals surface area contributed by atoms with Crippen molar-refractivity contribution in [3.63, 3.8) is 0 Å². The van der Waals surface area contributed by atoms with Gasteiger partial charge in [-0.25, -0.2) is 4.99 Å². The van der Waals surface area contributed by atoms with Gasteiger partial charge in [0.05, 0.1) is 18.1 Å². The zero-order chi connectivity index (χ0) is 13.7. The summed E-state index contributed by atoms with van der Waals surface area (Å²) in [6.07, 6.45) is 2.50. The van der Waals surface area contributed by atoms with Gasteiger partial charge in [-0.15, -0.1) is 0 Å². The quantitative estimate of drug-likeness (QED) is 0.646. The Morgan fingerprint density at radius 1 is 1.47 bits per heavy atom. The third-order valence-corrected chi connectivity index (χ3v) is 3.52. The fraction of sp³-hybridized carbons (Fsp3) is 0.500. The van der Waals surface area contributed by atoms with Crippen molar-refractivity contribution in [2.24, 2.45) is 4.99 Å². The first-order valence-corrected chi connectivity index (χ1v) is 7.39. The average Bonchev–Trinajstić information content (AvgIpc) is 3.20. The molecule has 0 bridgehead atoms. The zero-order valence-electron chi connectivity index (χ0n) is 11.4. The van der Waals surface area contributed by atoms with Crippen molar-refractivity contribution in [2.75, 3.05) is 13.7 Å². The molecule has 0 amide bonds. The van der Waals surface area contributed by atoms with Gasteiger partial charge < -0.3 is 15.4 Å². The summed E-state index contributed by atoms with van der Waals surface area (Å²) in [6, 6.07) is 6.65. The van der Waals surface area contributed by atoms with Gasteiger partial charge in [-0.3, -0.25) is 0 Å². The molecule has 1 saturated carbocycles. The fourth-order valence-electron chi connectivity index (χ4n) is 1.72. The average molecular weight is 326 g/mol. The molecule has 4 nitrogen and oxygen atoms in total. The Morgan fingerprint density at radius 2 is 2.26 bits per heavy atom. The predicted octanol–water partition coefficient (Wildman–Crippen LogP) is 2.68. The van der Waals surface area contributed by atoms with Gasteiger partial charge in [-0.1, -0.05) is 6.07 Å². The lowest BCUT2D eigenvalue weighted by Crippen LogP contribution is -2.38. The summed E-state index contributed by atoms with van der Waals surface area (Å²) >= 11 is 3.49. The molecule has 1 fully saturated rings. The van der Waals surface area contributed by atoms with Crippen molar-refractivity contribution in [1.29, 1.82) is 0 Å². The molecule has 0 heterocycles. The SMILES string of the molecule is CCNC(=NCc1ccc(OC)c(Br)c1)NC1CC1. The summed E-state index contributed by atoms with van der Waals surface area (Å²) in [5.41, 5.74) is 1.15. The smallest absolute Gasteiger partial charge is 0.191 e. The van der Waals surface area contributed by atoms with Crippen LogP contribution in [-0.4, -0.2) is 25.7 Å². The van der Waals surface area contributed by atoms with E-state index < -0.39 is 0 Å². The minimum absolute atomic E-state index is 0.611. The highest BCUT2D eigenvalue weighted by Gasteiger charge is 2.21. The van der Waals surface area contributed by atoms with Gasteiger partial charge >= 0.3 is 0 Å². The number of nitrogens with zero attached hydrogens (tertiary/aromatic N) is 1. The van der Waals surface area contributed by atoms with Crippen LogP contribution in [-0.2, 0) is 6.54 Å². The van der Waals surface area contributed by atoms with Gasteiger partial charge in [0.2, 0.25) is 0 Å². The van der Waals surface area contributed by atoms with Crippen LogP contribution >= 0.6 is 15.9 Å². The Bertz CT molecular complexity index is 458. The lowest BCUT2D eigenvalue weighted by molar-refractivity contribution is 0.412. The molecule has 1 aromatic rings. The number of aliphatic imine (C=N–C) groups is 1. The van der Waals surface area contributed by atoms with E-state index in [1.54, 1.807) is 7.11 Å². The number of hydrogen-bond acceptors (Lipinski definition) is 2. The second kappa shape index (κ2) is 6.80. The molecular weight excluding hydrogens is 306 g/mol. The van der Waals surface area contributed by atoms with E-state index in [9.17, 15) is 0 Å². The normalized spacial score (nSPS) is 15.2. The van der Waals surface area contributed by atoms with Crippen molar-refractivity contribution in [2.45, 2.75) is 32.4 Å². The highest BCUT2D eigenvalue weighted by molar-refractivity contribution is 9.10. The molecule has 0 aliphatic heterocycles. The number of hydrogen-bond donors (Lipinski definition) is 2. The van der Waals surface area contributed by atoms with Crippen molar-refractivity contribution in [1.82, 2.24) is 10.6 Å². The Hall–Kier alpha value is -1.23. The molecule has 0 spiro atoms.